The quantitative estimate of drug-likeness (QED) is 0.305. The lowest BCUT2D eigenvalue weighted by Crippen LogP contribution is -2.51. The average Bonchev–Trinajstić information content (AvgIpc) is 3.55. The van der Waals surface area contributed by atoms with Gasteiger partial charge < -0.3 is 34.8 Å². The zero-order valence-corrected chi connectivity index (χ0v) is 23.4. The van der Waals surface area contributed by atoms with Gasteiger partial charge in [-0.3, -0.25) is 9.59 Å². The number of pyridine rings is 1. The molecule has 238 valence electrons. The fourth-order valence-electron chi connectivity index (χ4n) is 3.96. The highest BCUT2D eigenvalue weighted by molar-refractivity contribution is 6.01. The normalized spacial score (nSPS) is 17.4. The van der Waals surface area contributed by atoms with Gasteiger partial charge in [0.05, 0.1) is 31.5 Å². The molecule has 1 fully saturated rings. The van der Waals surface area contributed by atoms with Gasteiger partial charge in [0.2, 0.25) is 0 Å². The van der Waals surface area contributed by atoms with Crippen LogP contribution in [0.3, 0.4) is 0 Å². The molecule has 0 saturated carbocycles. The summed E-state index contributed by atoms with van der Waals surface area (Å²) in [5.74, 6) is -2.07. The molecule has 1 aliphatic heterocycles. The van der Waals surface area contributed by atoms with Gasteiger partial charge in [0, 0.05) is 13.3 Å². The molecule has 3 heterocycles. The standard InChI is InChI=1S/C25H30F6N6O6/c1-5-15-14(10-43-36-15)20(38)33-16(11-42-23(2,3)25(29,30)31)21(39)35-19-8-13(6-7-32-19)17(12-41-4)37-9-18(24(26,27)28)34-22(37)40/h6-8,10,16-18H,5,9,11-12H2,1-4H3,(H,33,38)(H,34,40)(H,32,35,39)/t16-,17+,18-/m0/s1. The van der Waals surface area contributed by atoms with Crippen LogP contribution in [-0.4, -0.2) is 89.8 Å². The van der Waals surface area contributed by atoms with Crippen molar-refractivity contribution in [1.82, 2.24) is 25.7 Å². The number of anilines is 1. The summed E-state index contributed by atoms with van der Waals surface area (Å²) in [7, 11) is 1.28. The molecular formula is C25H30F6N6O6. The number of hydrogen-bond acceptors (Lipinski definition) is 8. The summed E-state index contributed by atoms with van der Waals surface area (Å²) in [6, 6.07) is -3.15. The highest BCUT2D eigenvalue weighted by Crippen LogP contribution is 2.33. The van der Waals surface area contributed by atoms with Gasteiger partial charge in [-0.2, -0.15) is 26.3 Å². The third kappa shape index (κ3) is 8.13. The van der Waals surface area contributed by atoms with Gasteiger partial charge in [0.1, 0.15) is 29.7 Å². The Labute approximate surface area is 241 Å². The molecule has 0 aliphatic carbocycles. The molecule has 3 N–H and O–H groups in total. The second kappa shape index (κ2) is 13.2. The number of amides is 4. The van der Waals surface area contributed by atoms with E-state index < -0.39 is 67.1 Å². The first-order chi connectivity index (χ1) is 20.0. The molecule has 0 bridgehead atoms. The zero-order chi connectivity index (χ0) is 32.2. The van der Waals surface area contributed by atoms with Gasteiger partial charge in [0.25, 0.3) is 11.8 Å². The minimum Gasteiger partial charge on any atom is -0.382 e. The number of nitrogens with zero attached hydrogens (tertiary/aromatic N) is 3. The van der Waals surface area contributed by atoms with Gasteiger partial charge in [-0.05, 0) is 38.0 Å². The van der Waals surface area contributed by atoms with Crippen molar-refractivity contribution in [3.05, 3.63) is 41.4 Å². The van der Waals surface area contributed by atoms with Crippen LogP contribution in [0.4, 0.5) is 37.0 Å². The van der Waals surface area contributed by atoms with Crippen molar-refractivity contribution in [2.75, 3.05) is 32.2 Å². The Hall–Kier alpha value is -3.93. The molecule has 12 nitrogen and oxygen atoms in total. The number of rotatable bonds is 12. The van der Waals surface area contributed by atoms with Crippen LogP contribution in [0.1, 0.15) is 48.4 Å². The Morgan fingerprint density at radius 3 is 2.49 bits per heavy atom. The van der Waals surface area contributed by atoms with Gasteiger partial charge >= 0.3 is 18.4 Å². The van der Waals surface area contributed by atoms with Crippen LogP contribution in [0.5, 0.6) is 0 Å². The zero-order valence-electron chi connectivity index (χ0n) is 23.4. The topological polar surface area (TPSA) is 148 Å². The first kappa shape index (κ1) is 33.6. The van der Waals surface area contributed by atoms with Crippen LogP contribution in [0.15, 0.2) is 29.1 Å². The fraction of sp³-hybridized carbons (Fsp3) is 0.560. The van der Waals surface area contributed by atoms with Crippen molar-refractivity contribution in [2.45, 2.75) is 63.3 Å². The van der Waals surface area contributed by atoms with Crippen molar-refractivity contribution in [2.24, 2.45) is 0 Å². The summed E-state index contributed by atoms with van der Waals surface area (Å²) in [6.07, 6.45) is -6.99. The largest absolute Gasteiger partial charge is 0.416 e. The van der Waals surface area contributed by atoms with Crippen molar-refractivity contribution >= 4 is 23.7 Å². The molecule has 3 rings (SSSR count). The van der Waals surface area contributed by atoms with Crippen LogP contribution in [0.25, 0.3) is 0 Å². The summed E-state index contributed by atoms with van der Waals surface area (Å²) >= 11 is 0. The molecule has 0 aromatic carbocycles. The molecule has 2 aromatic heterocycles. The smallest absolute Gasteiger partial charge is 0.382 e. The first-order valence-corrected chi connectivity index (χ1v) is 12.8. The second-order valence-electron chi connectivity index (χ2n) is 10.0. The number of methoxy groups -OCH3 is 1. The molecule has 18 heteroatoms. The number of aryl methyl sites for hydroxylation is 1. The molecule has 1 aliphatic rings. The van der Waals surface area contributed by atoms with Crippen molar-refractivity contribution in [3.8, 4) is 0 Å². The Bertz CT molecular complexity index is 1300. The maximum absolute atomic E-state index is 13.4. The van der Waals surface area contributed by atoms with Gasteiger partial charge in [-0.15, -0.1) is 0 Å². The maximum Gasteiger partial charge on any atom is 0.416 e. The van der Waals surface area contributed by atoms with Crippen LogP contribution in [0, 0.1) is 0 Å². The van der Waals surface area contributed by atoms with E-state index in [-0.39, 0.29) is 35.7 Å². The van der Waals surface area contributed by atoms with Gasteiger partial charge in [0.15, 0.2) is 5.60 Å². The molecular weight excluding hydrogens is 594 g/mol. The average molecular weight is 625 g/mol. The molecule has 0 radical (unpaired) electrons. The summed E-state index contributed by atoms with van der Waals surface area (Å²) in [5.41, 5.74) is -2.25. The molecule has 4 amide bonds. The molecule has 0 unspecified atom stereocenters. The van der Waals surface area contributed by atoms with E-state index in [1.54, 1.807) is 6.92 Å². The number of hydrogen-bond donors (Lipinski definition) is 3. The number of halogens is 6. The minimum atomic E-state index is -4.80. The number of aromatic nitrogens is 2. The number of alkyl halides is 6. The van der Waals surface area contributed by atoms with Crippen molar-refractivity contribution in [3.63, 3.8) is 0 Å². The Kier molecular flexibility index (Phi) is 10.3. The van der Waals surface area contributed by atoms with E-state index >= 15 is 0 Å². The number of nitrogens with one attached hydrogen (secondary N) is 3. The predicted molar refractivity (Wildman–Crippen MR) is 136 cm³/mol. The highest BCUT2D eigenvalue weighted by atomic mass is 19.4. The van der Waals surface area contributed by atoms with Gasteiger partial charge in [-0.25, -0.2) is 9.78 Å². The van der Waals surface area contributed by atoms with Gasteiger partial charge in [-0.1, -0.05) is 12.1 Å². The molecule has 43 heavy (non-hydrogen) atoms. The lowest BCUT2D eigenvalue weighted by molar-refractivity contribution is -0.264. The van der Waals surface area contributed by atoms with E-state index in [1.807, 2.05) is 5.32 Å². The van der Waals surface area contributed by atoms with E-state index in [1.165, 1.54) is 25.4 Å². The number of carbonyl (C=O) groups is 3. The van der Waals surface area contributed by atoms with Crippen molar-refractivity contribution < 1.29 is 54.7 Å². The third-order valence-electron chi connectivity index (χ3n) is 6.59. The van der Waals surface area contributed by atoms with E-state index in [0.717, 1.165) is 25.0 Å². The number of ether oxygens (including phenoxy) is 2. The van der Waals surface area contributed by atoms with E-state index in [0.29, 0.717) is 0 Å². The first-order valence-electron chi connectivity index (χ1n) is 12.8. The fourth-order valence-corrected chi connectivity index (χ4v) is 3.96. The maximum atomic E-state index is 13.4. The summed E-state index contributed by atoms with van der Waals surface area (Å²) < 4.78 is 94.7. The number of carbonyl (C=O) groups excluding carboxylic acids is 3. The third-order valence-corrected chi connectivity index (χ3v) is 6.59. The second-order valence-corrected chi connectivity index (χ2v) is 10.0. The van der Waals surface area contributed by atoms with Crippen LogP contribution in [0.2, 0.25) is 0 Å². The molecule has 2 aromatic rings. The van der Waals surface area contributed by atoms with E-state index in [9.17, 15) is 40.7 Å². The van der Waals surface area contributed by atoms with Crippen LogP contribution < -0.4 is 16.0 Å². The van der Waals surface area contributed by atoms with Crippen LogP contribution in [-0.2, 0) is 20.7 Å². The molecule has 3 atom stereocenters. The summed E-state index contributed by atoms with van der Waals surface area (Å²) in [4.78, 5) is 43.3. The Morgan fingerprint density at radius 1 is 1.21 bits per heavy atom. The summed E-state index contributed by atoms with van der Waals surface area (Å²) in [6.45, 7) is 1.35. The lowest BCUT2D eigenvalue weighted by Gasteiger charge is -2.30. The van der Waals surface area contributed by atoms with E-state index in [2.05, 4.69) is 20.8 Å². The van der Waals surface area contributed by atoms with Crippen molar-refractivity contribution in [1.29, 1.82) is 0 Å². The Balaban J connectivity index is 1.84. The Morgan fingerprint density at radius 2 is 1.91 bits per heavy atom. The van der Waals surface area contributed by atoms with Crippen LogP contribution >= 0.6 is 0 Å². The SMILES string of the molecule is CCc1nocc1C(=O)N[C@@H](COC(C)(C)C(F)(F)F)C(=O)Nc1cc([C@@H](COC)N2C[C@@H](C(F)(F)F)NC2=O)ccn1. The predicted octanol–water partition coefficient (Wildman–Crippen LogP) is 3.37. The highest BCUT2D eigenvalue weighted by Gasteiger charge is 2.50. The minimum absolute atomic E-state index is 0.0426. The monoisotopic (exact) mass is 624 g/mol. The molecule has 0 spiro atoms. The lowest BCUT2D eigenvalue weighted by atomic mass is 10.1. The van der Waals surface area contributed by atoms with E-state index in [4.69, 9.17) is 14.0 Å². The number of urea groups is 1. The molecule has 1 saturated heterocycles. The summed E-state index contributed by atoms with van der Waals surface area (Å²) in [5, 5.41) is 10.2.